The van der Waals surface area contributed by atoms with E-state index in [0.29, 0.717) is 5.92 Å². The zero-order valence-corrected chi connectivity index (χ0v) is 24.0. The van der Waals surface area contributed by atoms with Crippen molar-refractivity contribution in [3.63, 3.8) is 0 Å². The highest BCUT2D eigenvalue weighted by atomic mass is 15.1. The summed E-state index contributed by atoms with van der Waals surface area (Å²) in [5.74, 6) is 0.663. The zero-order valence-electron chi connectivity index (χ0n) is 24.0. The number of nitrogens with zero attached hydrogens (tertiary/aromatic N) is 1. The monoisotopic (exact) mass is 473 g/mol. The molecule has 0 heterocycles. The Morgan fingerprint density at radius 2 is 1.57 bits per heavy atom. The average molecular weight is 474 g/mol. The van der Waals surface area contributed by atoms with Gasteiger partial charge in [-0.25, -0.2) is 0 Å². The molecule has 1 nitrogen and oxygen atoms in total. The van der Waals surface area contributed by atoms with Gasteiger partial charge in [-0.3, -0.25) is 0 Å². The summed E-state index contributed by atoms with van der Waals surface area (Å²) in [6.45, 7) is 22.6. The maximum Gasteiger partial charge on any atom is 0.0452 e. The van der Waals surface area contributed by atoms with Crippen LogP contribution in [0, 0.1) is 11.3 Å². The smallest absolute Gasteiger partial charge is 0.0452 e. The van der Waals surface area contributed by atoms with Gasteiger partial charge in [-0.05, 0) is 97.1 Å². The molecule has 192 valence electrons. The molecule has 0 saturated carbocycles. The summed E-state index contributed by atoms with van der Waals surface area (Å²) in [6.07, 6.45) is 21.4. The van der Waals surface area contributed by atoms with E-state index in [-0.39, 0.29) is 10.8 Å². The maximum absolute atomic E-state index is 4.12. The first-order valence-corrected chi connectivity index (χ1v) is 14.0. The summed E-state index contributed by atoms with van der Waals surface area (Å²) < 4.78 is 0. The number of anilines is 1. The number of hydrogen-bond acceptors (Lipinski definition) is 1. The van der Waals surface area contributed by atoms with Crippen LogP contribution in [0.4, 0.5) is 5.69 Å². The fourth-order valence-corrected chi connectivity index (χ4v) is 4.95. The number of hydrogen-bond donors (Lipinski definition) is 0. The molecule has 0 aliphatic heterocycles. The fraction of sp³-hybridized carbons (Fsp3) is 0.529. The molecule has 35 heavy (non-hydrogen) atoms. The molecule has 0 aromatic heterocycles. The number of allylic oxidation sites excluding steroid dienone is 8. The van der Waals surface area contributed by atoms with Crippen molar-refractivity contribution in [3.05, 3.63) is 89.8 Å². The van der Waals surface area contributed by atoms with Crippen molar-refractivity contribution < 1.29 is 0 Å². The Morgan fingerprint density at radius 1 is 0.943 bits per heavy atom. The molecule has 1 unspecified atom stereocenters. The molecule has 0 radical (unpaired) electrons. The molecular formula is C34H51N. The first-order chi connectivity index (χ1) is 16.7. The Hall–Kier alpha value is -2.28. The quantitative estimate of drug-likeness (QED) is 0.257. The van der Waals surface area contributed by atoms with E-state index in [1.54, 1.807) is 5.57 Å². The van der Waals surface area contributed by atoms with Gasteiger partial charge in [0.05, 0.1) is 0 Å². The first kappa shape index (κ1) is 29.0. The molecule has 1 aliphatic rings. The highest BCUT2D eigenvalue weighted by molar-refractivity contribution is 5.58. The van der Waals surface area contributed by atoms with E-state index >= 15 is 0 Å². The summed E-state index contributed by atoms with van der Waals surface area (Å²) >= 11 is 0. The normalized spacial score (nSPS) is 16.2. The highest BCUT2D eigenvalue weighted by Gasteiger charge is 2.24. The number of benzene rings is 1. The Labute approximate surface area is 217 Å². The second kappa shape index (κ2) is 13.1. The molecule has 0 amide bonds. The minimum Gasteiger partial charge on any atom is -0.321 e. The maximum atomic E-state index is 4.12. The first-order valence-electron chi connectivity index (χ1n) is 14.0. The summed E-state index contributed by atoms with van der Waals surface area (Å²) in [5, 5.41) is 0. The standard InChI is InChI=1S/C34H51N/c1-10-27(7)28-18-22-31(23-19-28)35(26-16-17-29(11-2)33(8,12-3)13-4)32-24-20-30(21-25-32)34(9,14-5)15-6/h11,16-18,20-22,24-27H,2,10,12-15,19,23H2,1,3-9H3/b26-16+,29-17+. The predicted molar refractivity (Wildman–Crippen MR) is 158 cm³/mol. The second-order valence-electron chi connectivity index (χ2n) is 10.8. The second-order valence-corrected chi connectivity index (χ2v) is 10.8. The van der Waals surface area contributed by atoms with E-state index in [9.17, 15) is 0 Å². The molecule has 2 rings (SSSR count). The predicted octanol–water partition coefficient (Wildman–Crippen LogP) is 10.7. The largest absolute Gasteiger partial charge is 0.321 e. The van der Waals surface area contributed by atoms with Gasteiger partial charge in [0.15, 0.2) is 0 Å². The van der Waals surface area contributed by atoms with Gasteiger partial charge in [-0.1, -0.05) is 97.9 Å². The van der Waals surface area contributed by atoms with Crippen molar-refractivity contribution in [2.24, 2.45) is 11.3 Å². The van der Waals surface area contributed by atoms with Crippen molar-refractivity contribution in [3.8, 4) is 0 Å². The lowest BCUT2D eigenvalue weighted by atomic mass is 9.77. The third-order valence-corrected chi connectivity index (χ3v) is 9.11. The van der Waals surface area contributed by atoms with Crippen molar-refractivity contribution in [1.82, 2.24) is 0 Å². The lowest BCUT2D eigenvalue weighted by Gasteiger charge is -2.30. The molecule has 1 aromatic rings. The molecule has 1 aliphatic carbocycles. The van der Waals surface area contributed by atoms with Crippen LogP contribution in [0.3, 0.4) is 0 Å². The minimum atomic E-state index is 0.168. The van der Waals surface area contributed by atoms with Gasteiger partial charge in [0.1, 0.15) is 0 Å². The van der Waals surface area contributed by atoms with E-state index in [1.165, 1.54) is 28.9 Å². The lowest BCUT2D eigenvalue weighted by molar-refractivity contribution is 0.377. The molecule has 1 aromatic carbocycles. The van der Waals surface area contributed by atoms with Crippen LogP contribution >= 0.6 is 0 Å². The Balaban J connectivity index is 2.47. The van der Waals surface area contributed by atoms with Gasteiger partial charge in [0, 0.05) is 17.6 Å². The van der Waals surface area contributed by atoms with Crippen LogP contribution in [0.15, 0.2) is 84.3 Å². The third kappa shape index (κ3) is 6.90. The third-order valence-electron chi connectivity index (χ3n) is 9.11. The molecule has 0 spiro atoms. The highest BCUT2D eigenvalue weighted by Crippen LogP contribution is 2.36. The van der Waals surface area contributed by atoms with Crippen molar-refractivity contribution >= 4 is 5.69 Å². The number of rotatable bonds is 13. The molecule has 0 fully saturated rings. The van der Waals surface area contributed by atoms with E-state index in [2.05, 4.69) is 122 Å². The van der Waals surface area contributed by atoms with E-state index < -0.39 is 0 Å². The molecule has 1 heteroatoms. The Bertz CT molecular complexity index is 929. The Morgan fingerprint density at radius 3 is 2.03 bits per heavy atom. The van der Waals surface area contributed by atoms with Crippen LogP contribution in [0.5, 0.6) is 0 Å². The summed E-state index contributed by atoms with van der Waals surface area (Å²) in [4.78, 5) is 2.38. The lowest BCUT2D eigenvalue weighted by Crippen LogP contribution is -2.21. The van der Waals surface area contributed by atoms with Gasteiger partial charge >= 0.3 is 0 Å². The fourth-order valence-electron chi connectivity index (χ4n) is 4.95. The molecule has 0 N–H and O–H groups in total. The van der Waals surface area contributed by atoms with Crippen molar-refractivity contribution in [2.45, 2.75) is 106 Å². The SMILES string of the molecule is C=C/C(=C\C=C\N(C1=CC=C(C(C)CC)CC1)c1ccc(C(C)(CC)CC)cc1)C(C)(CC)CC. The van der Waals surface area contributed by atoms with Crippen LogP contribution in [0.25, 0.3) is 0 Å². The van der Waals surface area contributed by atoms with Crippen LogP contribution in [-0.4, -0.2) is 0 Å². The van der Waals surface area contributed by atoms with E-state index in [0.717, 1.165) is 38.5 Å². The van der Waals surface area contributed by atoms with Crippen LogP contribution < -0.4 is 4.90 Å². The molecule has 0 bridgehead atoms. The van der Waals surface area contributed by atoms with Gasteiger partial charge in [-0.2, -0.15) is 0 Å². The zero-order chi connectivity index (χ0) is 26.1. The van der Waals surface area contributed by atoms with Gasteiger partial charge < -0.3 is 4.90 Å². The minimum absolute atomic E-state index is 0.168. The summed E-state index contributed by atoms with van der Waals surface area (Å²) in [6, 6.07) is 9.28. The van der Waals surface area contributed by atoms with Crippen molar-refractivity contribution in [2.75, 3.05) is 4.90 Å². The van der Waals surface area contributed by atoms with Gasteiger partial charge in [-0.15, -0.1) is 0 Å². The van der Waals surface area contributed by atoms with Crippen LogP contribution in [-0.2, 0) is 5.41 Å². The topological polar surface area (TPSA) is 3.24 Å². The molecular weight excluding hydrogens is 422 g/mol. The molecule has 0 saturated heterocycles. The van der Waals surface area contributed by atoms with Crippen LogP contribution in [0.2, 0.25) is 0 Å². The van der Waals surface area contributed by atoms with Gasteiger partial charge in [0.2, 0.25) is 0 Å². The van der Waals surface area contributed by atoms with Crippen molar-refractivity contribution in [1.29, 1.82) is 0 Å². The summed E-state index contributed by atoms with van der Waals surface area (Å²) in [5.41, 5.74) is 7.32. The van der Waals surface area contributed by atoms with E-state index in [1.807, 2.05) is 6.08 Å². The Kier molecular flexibility index (Phi) is 10.9. The molecule has 1 atom stereocenters. The van der Waals surface area contributed by atoms with Crippen LogP contribution in [0.1, 0.15) is 106 Å². The average Bonchev–Trinajstić information content (AvgIpc) is 2.92. The van der Waals surface area contributed by atoms with Gasteiger partial charge in [0.25, 0.3) is 0 Å². The van der Waals surface area contributed by atoms with E-state index in [4.69, 9.17) is 0 Å². The summed E-state index contributed by atoms with van der Waals surface area (Å²) in [7, 11) is 0.